The Bertz CT molecular complexity index is 751. The van der Waals surface area contributed by atoms with E-state index in [2.05, 4.69) is 10.3 Å². The number of likely N-dealkylation sites (tertiary alicyclic amines) is 1. The van der Waals surface area contributed by atoms with E-state index in [1.165, 1.54) is 12.3 Å². The predicted octanol–water partition coefficient (Wildman–Crippen LogP) is 2.50. The number of hydrogen-bond acceptors (Lipinski definition) is 3. The van der Waals surface area contributed by atoms with E-state index in [4.69, 9.17) is 0 Å². The first-order chi connectivity index (χ1) is 12.1. The van der Waals surface area contributed by atoms with Crippen molar-refractivity contribution in [2.45, 2.75) is 12.8 Å². The van der Waals surface area contributed by atoms with Gasteiger partial charge in [0.15, 0.2) is 5.82 Å². The molecule has 130 valence electrons. The second-order valence-corrected chi connectivity index (χ2v) is 6.19. The molecule has 1 atom stereocenters. The topological polar surface area (TPSA) is 62.3 Å². The van der Waals surface area contributed by atoms with Crippen LogP contribution in [0.1, 0.15) is 33.6 Å². The maximum Gasteiger partial charge on any atom is 0.256 e. The molecule has 1 aliphatic heterocycles. The molecule has 6 heteroatoms. The minimum Gasteiger partial charge on any atom is -0.352 e. The Balaban J connectivity index is 1.57. The number of pyridine rings is 1. The summed E-state index contributed by atoms with van der Waals surface area (Å²) in [6, 6.07) is 10.4. The summed E-state index contributed by atoms with van der Waals surface area (Å²) in [6.07, 6.45) is 4.23. The van der Waals surface area contributed by atoms with Gasteiger partial charge in [0.05, 0.1) is 11.8 Å². The Kier molecular flexibility index (Phi) is 5.38. The summed E-state index contributed by atoms with van der Waals surface area (Å²) in [5.41, 5.74) is 0.661. The van der Waals surface area contributed by atoms with Crippen molar-refractivity contribution >= 4 is 11.8 Å². The lowest BCUT2D eigenvalue weighted by Crippen LogP contribution is -2.44. The van der Waals surface area contributed by atoms with Gasteiger partial charge < -0.3 is 10.2 Å². The van der Waals surface area contributed by atoms with Gasteiger partial charge in [0, 0.05) is 31.4 Å². The first-order valence-electron chi connectivity index (χ1n) is 8.37. The second kappa shape index (κ2) is 7.88. The van der Waals surface area contributed by atoms with E-state index in [9.17, 15) is 14.0 Å². The summed E-state index contributed by atoms with van der Waals surface area (Å²) in [4.78, 5) is 29.9. The number of nitrogens with zero attached hydrogens (tertiary/aromatic N) is 2. The first kappa shape index (κ1) is 17.1. The molecule has 3 rings (SSSR count). The fraction of sp³-hybridized carbons (Fsp3) is 0.316. The van der Waals surface area contributed by atoms with Crippen LogP contribution in [0.5, 0.6) is 0 Å². The molecule has 1 N–H and O–H groups in total. The Morgan fingerprint density at radius 3 is 2.80 bits per heavy atom. The highest BCUT2D eigenvalue weighted by Crippen LogP contribution is 2.19. The van der Waals surface area contributed by atoms with Gasteiger partial charge in [-0.2, -0.15) is 0 Å². The van der Waals surface area contributed by atoms with Gasteiger partial charge in [0.25, 0.3) is 11.8 Å². The number of hydrogen-bond donors (Lipinski definition) is 1. The average molecular weight is 341 g/mol. The zero-order chi connectivity index (χ0) is 17.6. The monoisotopic (exact) mass is 341 g/mol. The molecule has 0 bridgehead atoms. The maximum absolute atomic E-state index is 13.8. The van der Waals surface area contributed by atoms with Gasteiger partial charge in [-0.15, -0.1) is 0 Å². The van der Waals surface area contributed by atoms with Crippen molar-refractivity contribution in [3.05, 3.63) is 65.7 Å². The van der Waals surface area contributed by atoms with Crippen molar-refractivity contribution in [2.24, 2.45) is 5.92 Å². The quantitative estimate of drug-likeness (QED) is 0.929. The largest absolute Gasteiger partial charge is 0.352 e. The normalized spacial score (nSPS) is 17.2. The second-order valence-electron chi connectivity index (χ2n) is 6.19. The molecular weight excluding hydrogens is 321 g/mol. The molecule has 25 heavy (non-hydrogen) atoms. The van der Waals surface area contributed by atoms with Gasteiger partial charge in [-0.3, -0.25) is 14.6 Å². The molecule has 1 unspecified atom stereocenters. The molecule has 1 aliphatic rings. The Labute approximate surface area is 145 Å². The summed E-state index contributed by atoms with van der Waals surface area (Å²) in [7, 11) is 0. The van der Waals surface area contributed by atoms with Crippen molar-refractivity contribution in [3.8, 4) is 0 Å². The number of benzene rings is 1. The van der Waals surface area contributed by atoms with Gasteiger partial charge in [-0.25, -0.2) is 4.39 Å². The highest BCUT2D eigenvalue weighted by atomic mass is 19.1. The van der Waals surface area contributed by atoms with E-state index < -0.39 is 5.82 Å². The van der Waals surface area contributed by atoms with Gasteiger partial charge in [-0.1, -0.05) is 18.2 Å². The van der Waals surface area contributed by atoms with E-state index in [1.54, 1.807) is 17.0 Å². The molecule has 2 heterocycles. The van der Waals surface area contributed by atoms with Crippen LogP contribution in [0.4, 0.5) is 4.39 Å². The molecule has 0 spiro atoms. The lowest BCUT2D eigenvalue weighted by atomic mass is 9.97. The van der Waals surface area contributed by atoms with Gasteiger partial charge in [-0.05, 0) is 37.0 Å². The molecule has 2 aromatic rings. The minimum absolute atomic E-state index is 0.0453. The van der Waals surface area contributed by atoms with E-state index in [0.717, 1.165) is 19.0 Å². The lowest BCUT2D eigenvalue weighted by molar-refractivity contribution is 0.0666. The highest BCUT2D eigenvalue weighted by Gasteiger charge is 2.26. The molecule has 2 amide bonds. The Hall–Kier alpha value is -2.76. The van der Waals surface area contributed by atoms with Crippen LogP contribution in [0.3, 0.4) is 0 Å². The SMILES string of the molecule is O=C(NCC1CCCN(C(=O)c2ccncc2F)C1)c1ccccc1. The van der Waals surface area contributed by atoms with Gasteiger partial charge >= 0.3 is 0 Å². The molecule has 1 aromatic carbocycles. The van der Waals surface area contributed by atoms with Gasteiger partial charge in [0.1, 0.15) is 0 Å². The van der Waals surface area contributed by atoms with E-state index >= 15 is 0 Å². The lowest BCUT2D eigenvalue weighted by Gasteiger charge is -2.33. The molecule has 1 aromatic heterocycles. The fourth-order valence-electron chi connectivity index (χ4n) is 3.06. The van der Waals surface area contributed by atoms with Crippen molar-refractivity contribution in [2.75, 3.05) is 19.6 Å². The van der Waals surface area contributed by atoms with Crippen molar-refractivity contribution in [3.63, 3.8) is 0 Å². The molecule has 0 aliphatic carbocycles. The third-order valence-electron chi connectivity index (χ3n) is 4.40. The predicted molar refractivity (Wildman–Crippen MR) is 91.6 cm³/mol. The number of aromatic nitrogens is 1. The van der Waals surface area contributed by atoms with E-state index in [1.807, 2.05) is 18.2 Å². The van der Waals surface area contributed by atoms with Crippen LogP contribution in [0.15, 0.2) is 48.8 Å². The molecule has 0 radical (unpaired) electrons. The van der Waals surface area contributed by atoms with Crippen LogP contribution >= 0.6 is 0 Å². The number of carbonyl (C=O) groups is 2. The Morgan fingerprint density at radius 1 is 1.24 bits per heavy atom. The molecule has 0 saturated carbocycles. The summed E-state index contributed by atoms with van der Waals surface area (Å²) in [6.45, 7) is 1.61. The third kappa shape index (κ3) is 4.21. The number of rotatable bonds is 4. The highest BCUT2D eigenvalue weighted by molar-refractivity contribution is 5.95. The maximum atomic E-state index is 13.8. The van der Waals surface area contributed by atoms with Crippen molar-refractivity contribution in [1.82, 2.24) is 15.2 Å². The zero-order valence-corrected chi connectivity index (χ0v) is 13.8. The fourth-order valence-corrected chi connectivity index (χ4v) is 3.06. The van der Waals surface area contributed by atoms with Crippen LogP contribution < -0.4 is 5.32 Å². The summed E-state index contributed by atoms with van der Waals surface area (Å²) in [5, 5.41) is 2.92. The van der Waals surface area contributed by atoms with Crippen LogP contribution in [-0.2, 0) is 0 Å². The van der Waals surface area contributed by atoms with Gasteiger partial charge in [0.2, 0.25) is 0 Å². The number of nitrogens with one attached hydrogen (secondary N) is 1. The molecule has 1 fully saturated rings. The summed E-state index contributed by atoms with van der Waals surface area (Å²) in [5.74, 6) is -0.884. The number of amides is 2. The number of piperidine rings is 1. The Morgan fingerprint density at radius 2 is 2.04 bits per heavy atom. The van der Waals surface area contributed by atoms with Crippen molar-refractivity contribution in [1.29, 1.82) is 0 Å². The standard InChI is InChI=1S/C19H20FN3O2/c20-17-12-21-9-8-16(17)19(25)23-10-4-5-14(13-23)11-22-18(24)15-6-2-1-3-7-15/h1-3,6-9,12,14H,4-5,10-11,13H2,(H,22,24). The van der Waals surface area contributed by atoms with Crippen LogP contribution in [0.2, 0.25) is 0 Å². The number of halogens is 1. The summed E-state index contributed by atoms with van der Waals surface area (Å²) >= 11 is 0. The molecular formula is C19H20FN3O2. The first-order valence-corrected chi connectivity index (χ1v) is 8.37. The molecule has 5 nitrogen and oxygen atoms in total. The zero-order valence-electron chi connectivity index (χ0n) is 13.8. The number of carbonyl (C=O) groups excluding carboxylic acids is 2. The third-order valence-corrected chi connectivity index (χ3v) is 4.40. The van der Waals surface area contributed by atoms with Crippen LogP contribution in [0.25, 0.3) is 0 Å². The van der Waals surface area contributed by atoms with E-state index in [-0.39, 0.29) is 23.3 Å². The van der Waals surface area contributed by atoms with Crippen LogP contribution in [0, 0.1) is 11.7 Å². The minimum atomic E-state index is -0.605. The average Bonchev–Trinajstić information content (AvgIpc) is 2.67. The van der Waals surface area contributed by atoms with Crippen molar-refractivity contribution < 1.29 is 14.0 Å². The van der Waals surface area contributed by atoms with E-state index in [0.29, 0.717) is 25.2 Å². The smallest absolute Gasteiger partial charge is 0.256 e. The van der Waals surface area contributed by atoms with Crippen LogP contribution in [-0.4, -0.2) is 41.3 Å². The summed E-state index contributed by atoms with van der Waals surface area (Å²) < 4.78 is 13.8. The molecule has 1 saturated heterocycles.